The molecule has 7 rings (SSSR count). The largest absolute Gasteiger partial charge is 0.163 e. The molecular weight excluding hydrogens is 498 g/mol. The Bertz CT molecular complexity index is 1950. The highest BCUT2D eigenvalue weighted by molar-refractivity contribution is 6.32. The van der Waals surface area contributed by atoms with E-state index >= 15 is 0 Å². The zero-order valence-electron chi connectivity index (χ0n) is 20.9. The van der Waals surface area contributed by atoms with E-state index in [1.807, 2.05) is 0 Å². The van der Waals surface area contributed by atoms with E-state index in [1.54, 1.807) is 0 Å². The Balaban J connectivity index is 1.27. The lowest BCUT2D eigenvalue weighted by atomic mass is 9.94. The lowest BCUT2D eigenvalue weighted by molar-refractivity contribution is 0.873. The second kappa shape index (κ2) is 9.79. The Hall–Kier alpha value is -4.86. The Morgan fingerprint density at radius 1 is 0.410 bits per heavy atom. The van der Waals surface area contributed by atoms with Crippen LogP contribution >= 0.6 is 11.6 Å². The van der Waals surface area contributed by atoms with Gasteiger partial charge < -0.3 is 0 Å². The number of fused-ring (bicyclic) bond motifs is 2. The Morgan fingerprint density at radius 2 is 0.872 bits per heavy atom. The van der Waals surface area contributed by atoms with Crippen LogP contribution < -0.4 is 0 Å². The monoisotopic (exact) mass is 519 g/mol. The summed E-state index contributed by atoms with van der Waals surface area (Å²) in [5, 5.41) is 17.6. The summed E-state index contributed by atoms with van der Waals surface area (Å²) >= 11 is 6.63. The Labute approximate surface area is 231 Å². The van der Waals surface area contributed by atoms with E-state index in [4.69, 9.17) is 11.6 Å². The molecule has 0 N–H and O–H groups in total. The normalized spacial score (nSPS) is 11.2. The predicted octanol–water partition coefficient (Wildman–Crippen LogP) is 9.50. The van der Waals surface area contributed by atoms with Gasteiger partial charge in [-0.3, -0.25) is 0 Å². The third kappa shape index (κ3) is 4.23. The quantitative estimate of drug-likeness (QED) is 0.232. The summed E-state index contributed by atoms with van der Waals surface area (Å²) in [5.41, 5.74) is 8.03. The highest BCUT2D eigenvalue weighted by atomic mass is 35.5. The van der Waals surface area contributed by atoms with Crippen LogP contribution in [0.2, 0.25) is 5.15 Å². The first-order chi connectivity index (χ1) is 19.3. The van der Waals surface area contributed by atoms with Crippen LogP contribution in [0.1, 0.15) is 0 Å². The summed E-state index contributed by atoms with van der Waals surface area (Å²) in [5.74, 6) is 0. The van der Waals surface area contributed by atoms with Crippen molar-refractivity contribution in [3.05, 3.63) is 139 Å². The van der Waals surface area contributed by atoms with Gasteiger partial charge in [0.15, 0.2) is 5.15 Å². The molecule has 0 fully saturated rings. The Morgan fingerprint density at radius 3 is 1.44 bits per heavy atom. The number of hydrogen-bond donors (Lipinski definition) is 0. The maximum Gasteiger partial charge on any atom is 0.163 e. The van der Waals surface area contributed by atoms with Crippen molar-refractivity contribution in [3.63, 3.8) is 0 Å². The van der Waals surface area contributed by atoms with Crippen molar-refractivity contribution in [1.82, 2.24) is 15.4 Å². The van der Waals surface area contributed by atoms with Gasteiger partial charge >= 0.3 is 0 Å². The molecule has 0 saturated carbocycles. The molecule has 0 aliphatic rings. The fraction of sp³-hybridized carbons (Fsp3) is 0. The lowest BCUT2D eigenvalue weighted by Gasteiger charge is -2.12. The van der Waals surface area contributed by atoms with Gasteiger partial charge in [0.2, 0.25) is 0 Å². The average Bonchev–Trinajstić information content (AvgIpc) is 3.01. The highest BCUT2D eigenvalue weighted by Gasteiger charge is 2.16. The fourth-order valence-corrected chi connectivity index (χ4v) is 5.57. The summed E-state index contributed by atoms with van der Waals surface area (Å²) < 4.78 is 0. The van der Waals surface area contributed by atoms with E-state index in [-0.39, 0.29) is 0 Å². The van der Waals surface area contributed by atoms with Crippen LogP contribution in [0.15, 0.2) is 133 Å². The fourth-order valence-electron chi connectivity index (χ4n) is 5.34. The van der Waals surface area contributed by atoms with Crippen LogP contribution in [-0.4, -0.2) is 15.4 Å². The summed E-state index contributed by atoms with van der Waals surface area (Å²) in [6.45, 7) is 0. The molecule has 0 unspecified atom stereocenters. The summed E-state index contributed by atoms with van der Waals surface area (Å²) in [7, 11) is 0. The molecule has 6 aromatic carbocycles. The zero-order chi connectivity index (χ0) is 26.2. The van der Waals surface area contributed by atoms with Gasteiger partial charge in [-0.05, 0) is 54.6 Å². The van der Waals surface area contributed by atoms with Crippen LogP contribution in [0.4, 0.5) is 0 Å². The molecule has 0 spiro atoms. The van der Waals surface area contributed by atoms with Crippen LogP contribution in [-0.2, 0) is 0 Å². The SMILES string of the molecule is Clc1nnnc(-c2ccc(-c3cccc4ccccc34)cc2)c1-c1ccc(-c2cccc3ccccc23)cc1. The van der Waals surface area contributed by atoms with Crippen molar-refractivity contribution in [2.75, 3.05) is 0 Å². The summed E-state index contributed by atoms with van der Waals surface area (Å²) in [6, 6.07) is 46.5. The maximum absolute atomic E-state index is 6.63. The molecule has 0 saturated heterocycles. The number of rotatable bonds is 4. The molecule has 1 heterocycles. The van der Waals surface area contributed by atoms with Gasteiger partial charge in [0.05, 0.1) is 0 Å². The van der Waals surface area contributed by atoms with Crippen molar-refractivity contribution in [2.45, 2.75) is 0 Å². The predicted molar refractivity (Wildman–Crippen MR) is 162 cm³/mol. The van der Waals surface area contributed by atoms with Gasteiger partial charge in [-0.1, -0.05) is 145 Å². The first-order valence-electron chi connectivity index (χ1n) is 12.8. The molecule has 7 aromatic rings. The van der Waals surface area contributed by atoms with Crippen molar-refractivity contribution >= 4 is 33.1 Å². The van der Waals surface area contributed by atoms with E-state index in [9.17, 15) is 0 Å². The average molecular weight is 520 g/mol. The first kappa shape index (κ1) is 23.3. The topological polar surface area (TPSA) is 38.7 Å². The molecule has 0 aliphatic heterocycles. The van der Waals surface area contributed by atoms with E-state index < -0.39 is 0 Å². The first-order valence-corrected chi connectivity index (χ1v) is 13.2. The third-order valence-electron chi connectivity index (χ3n) is 7.25. The minimum Gasteiger partial charge on any atom is -0.129 e. The van der Waals surface area contributed by atoms with Crippen molar-refractivity contribution in [3.8, 4) is 44.6 Å². The number of benzene rings is 6. The molecule has 3 nitrogen and oxygen atoms in total. The molecule has 0 atom stereocenters. The molecule has 0 aliphatic carbocycles. The van der Waals surface area contributed by atoms with Crippen LogP contribution in [0.25, 0.3) is 66.2 Å². The van der Waals surface area contributed by atoms with Crippen molar-refractivity contribution in [1.29, 1.82) is 0 Å². The lowest BCUT2D eigenvalue weighted by Crippen LogP contribution is -1.97. The smallest absolute Gasteiger partial charge is 0.129 e. The zero-order valence-corrected chi connectivity index (χ0v) is 21.7. The molecule has 0 radical (unpaired) electrons. The third-order valence-corrected chi connectivity index (χ3v) is 7.52. The van der Waals surface area contributed by atoms with Crippen molar-refractivity contribution in [2.24, 2.45) is 0 Å². The molecule has 1 aromatic heterocycles. The van der Waals surface area contributed by atoms with Gasteiger partial charge in [-0.25, -0.2) is 0 Å². The molecule has 184 valence electrons. The molecule has 0 amide bonds. The number of hydrogen-bond acceptors (Lipinski definition) is 3. The highest BCUT2D eigenvalue weighted by Crippen LogP contribution is 2.37. The van der Waals surface area contributed by atoms with Gasteiger partial charge in [-0.15, -0.1) is 10.2 Å². The maximum atomic E-state index is 6.63. The minimum atomic E-state index is 0.330. The van der Waals surface area contributed by atoms with E-state index in [0.717, 1.165) is 27.8 Å². The van der Waals surface area contributed by atoms with Crippen molar-refractivity contribution < 1.29 is 0 Å². The van der Waals surface area contributed by atoms with Crippen LogP contribution in [0, 0.1) is 0 Å². The number of aromatic nitrogens is 3. The van der Waals surface area contributed by atoms with E-state index in [1.165, 1.54) is 32.7 Å². The van der Waals surface area contributed by atoms with E-state index in [2.05, 4.69) is 149 Å². The number of nitrogens with zero attached hydrogens (tertiary/aromatic N) is 3. The molecule has 0 bridgehead atoms. The number of halogens is 1. The van der Waals surface area contributed by atoms with Crippen LogP contribution in [0.5, 0.6) is 0 Å². The standard InChI is InChI=1S/C35H22ClN3/c36-35-33(27-19-15-25(16-20-27)31-13-5-9-23-7-1-3-11-29(23)31)34(37-39-38-35)28-21-17-26(18-22-28)32-14-6-10-24-8-2-4-12-30(24)32/h1-22H. The molecular formula is C35H22ClN3. The second-order valence-electron chi connectivity index (χ2n) is 9.51. The second-order valence-corrected chi connectivity index (χ2v) is 9.87. The summed E-state index contributed by atoms with van der Waals surface area (Å²) in [4.78, 5) is 0. The van der Waals surface area contributed by atoms with Gasteiger partial charge in [0.25, 0.3) is 0 Å². The Kier molecular flexibility index (Phi) is 5.84. The van der Waals surface area contributed by atoms with Gasteiger partial charge in [0, 0.05) is 11.1 Å². The van der Waals surface area contributed by atoms with Gasteiger partial charge in [0.1, 0.15) is 5.69 Å². The minimum absolute atomic E-state index is 0.330. The molecule has 39 heavy (non-hydrogen) atoms. The van der Waals surface area contributed by atoms with E-state index in [0.29, 0.717) is 10.8 Å². The summed E-state index contributed by atoms with van der Waals surface area (Å²) in [6.07, 6.45) is 0. The van der Waals surface area contributed by atoms with Crippen LogP contribution in [0.3, 0.4) is 0 Å². The van der Waals surface area contributed by atoms with Gasteiger partial charge in [-0.2, -0.15) is 0 Å². The molecule has 4 heteroatoms.